The molecule has 58 valence electrons. The van der Waals surface area contributed by atoms with E-state index in [1.54, 1.807) is 6.92 Å². The van der Waals surface area contributed by atoms with Gasteiger partial charge < -0.3 is 9.57 Å². The predicted molar refractivity (Wildman–Crippen MR) is 31.8 cm³/mol. The zero-order chi connectivity index (χ0) is 7.98. The van der Waals surface area contributed by atoms with Gasteiger partial charge in [0.1, 0.15) is 0 Å². The summed E-state index contributed by atoms with van der Waals surface area (Å²) in [6, 6.07) is 0. The van der Waals surface area contributed by atoms with Crippen LogP contribution in [0.4, 0.5) is 0 Å². The smallest absolute Gasteiger partial charge is 0.436 e. The number of methoxy groups -OCH3 is 1. The predicted octanol–water partition coefficient (Wildman–Crippen LogP) is -0.773. The highest BCUT2D eigenvalue weighted by Crippen LogP contribution is 1.77. The van der Waals surface area contributed by atoms with Crippen molar-refractivity contribution in [3.8, 4) is 0 Å². The van der Waals surface area contributed by atoms with E-state index in [-0.39, 0.29) is 0 Å². The first-order chi connectivity index (χ1) is 4.72. The number of esters is 1. The van der Waals surface area contributed by atoms with Crippen molar-refractivity contribution in [3.63, 3.8) is 0 Å². The van der Waals surface area contributed by atoms with E-state index in [1.807, 2.05) is 0 Å². The lowest BCUT2D eigenvalue weighted by molar-refractivity contribution is -0.170. The molecule has 0 bridgehead atoms. The van der Waals surface area contributed by atoms with Crippen LogP contribution in [0.25, 0.3) is 0 Å². The van der Waals surface area contributed by atoms with E-state index in [1.165, 1.54) is 0 Å². The molecule has 0 amide bonds. The van der Waals surface area contributed by atoms with Gasteiger partial charge in [-0.15, -0.1) is 0 Å². The quantitative estimate of drug-likeness (QED) is 0.315. The molecular formula is C5H9NO4. The molecule has 5 heteroatoms. The zero-order valence-corrected chi connectivity index (χ0v) is 5.84. The number of carbonyl (C=O) groups excluding carboxylic acids is 2. The molecule has 0 saturated heterocycles. The Morgan fingerprint density at radius 1 is 1.40 bits per heavy atom. The van der Waals surface area contributed by atoms with Crippen LogP contribution in [0.3, 0.4) is 0 Å². The SMILES string of the molecule is CCNOC(=O)C(=O)OC. The maximum absolute atomic E-state index is 10.4. The van der Waals surface area contributed by atoms with Crippen molar-refractivity contribution >= 4 is 11.9 Å². The van der Waals surface area contributed by atoms with E-state index in [2.05, 4.69) is 15.1 Å². The van der Waals surface area contributed by atoms with Crippen molar-refractivity contribution in [2.45, 2.75) is 6.92 Å². The number of ether oxygens (including phenoxy) is 1. The average molecular weight is 147 g/mol. The van der Waals surface area contributed by atoms with Crippen molar-refractivity contribution in [1.29, 1.82) is 0 Å². The first-order valence-corrected chi connectivity index (χ1v) is 2.74. The monoisotopic (exact) mass is 147 g/mol. The molecule has 0 aliphatic rings. The molecule has 0 aromatic rings. The molecule has 1 N–H and O–H groups in total. The first-order valence-electron chi connectivity index (χ1n) is 2.74. The summed E-state index contributed by atoms with van der Waals surface area (Å²) in [4.78, 5) is 24.8. The van der Waals surface area contributed by atoms with Crippen LogP contribution < -0.4 is 5.48 Å². The molecule has 0 rings (SSSR count). The third-order valence-corrected chi connectivity index (χ3v) is 0.661. The first kappa shape index (κ1) is 8.90. The second kappa shape index (κ2) is 4.75. The number of carbonyl (C=O) groups is 2. The van der Waals surface area contributed by atoms with Crippen molar-refractivity contribution in [2.24, 2.45) is 0 Å². The lowest BCUT2D eigenvalue weighted by Gasteiger charge is -1.99. The van der Waals surface area contributed by atoms with Gasteiger partial charge in [0.15, 0.2) is 0 Å². The molecule has 0 aromatic heterocycles. The minimum atomic E-state index is -1.04. The standard InChI is InChI=1S/C5H9NO4/c1-3-6-10-5(8)4(7)9-2/h6H,3H2,1-2H3. The average Bonchev–Trinajstić information content (AvgIpc) is 1.98. The Morgan fingerprint density at radius 2 is 2.00 bits per heavy atom. The molecule has 0 radical (unpaired) electrons. The molecule has 0 spiro atoms. The van der Waals surface area contributed by atoms with E-state index in [4.69, 9.17) is 0 Å². The van der Waals surface area contributed by atoms with Gasteiger partial charge in [0, 0.05) is 6.54 Å². The zero-order valence-electron chi connectivity index (χ0n) is 5.84. The van der Waals surface area contributed by atoms with Crippen molar-refractivity contribution < 1.29 is 19.2 Å². The fourth-order valence-corrected chi connectivity index (χ4v) is 0.263. The van der Waals surface area contributed by atoms with Crippen LogP contribution >= 0.6 is 0 Å². The molecule has 0 fully saturated rings. The van der Waals surface area contributed by atoms with Gasteiger partial charge in [-0.1, -0.05) is 0 Å². The van der Waals surface area contributed by atoms with Crippen LogP contribution in [0.1, 0.15) is 6.92 Å². The van der Waals surface area contributed by atoms with E-state index in [9.17, 15) is 9.59 Å². The van der Waals surface area contributed by atoms with Gasteiger partial charge in [-0.05, 0) is 6.92 Å². The molecule has 5 nitrogen and oxygen atoms in total. The Labute approximate surface area is 58.3 Å². The molecule has 0 aromatic carbocycles. The highest BCUT2D eigenvalue weighted by Gasteiger charge is 2.14. The van der Waals surface area contributed by atoms with Gasteiger partial charge in [0.05, 0.1) is 7.11 Å². The van der Waals surface area contributed by atoms with Gasteiger partial charge in [0.2, 0.25) is 0 Å². The number of hydrogen-bond donors (Lipinski definition) is 1. The molecule has 0 heterocycles. The lowest BCUT2D eigenvalue weighted by Crippen LogP contribution is -2.26. The van der Waals surface area contributed by atoms with Gasteiger partial charge in [0.25, 0.3) is 0 Å². The summed E-state index contributed by atoms with van der Waals surface area (Å²) in [7, 11) is 1.11. The minimum absolute atomic E-state index is 0.447. The summed E-state index contributed by atoms with van der Waals surface area (Å²) in [5.41, 5.74) is 2.21. The van der Waals surface area contributed by atoms with Gasteiger partial charge in [-0.3, -0.25) is 0 Å². The summed E-state index contributed by atoms with van der Waals surface area (Å²) in [6.45, 7) is 2.17. The summed E-state index contributed by atoms with van der Waals surface area (Å²) in [6.07, 6.45) is 0. The van der Waals surface area contributed by atoms with E-state index < -0.39 is 11.9 Å². The molecule has 0 aliphatic carbocycles. The largest absolute Gasteiger partial charge is 0.461 e. The third kappa shape index (κ3) is 3.03. The maximum Gasteiger partial charge on any atom is 0.436 e. The number of rotatable bonds is 2. The number of nitrogens with one attached hydrogen (secondary N) is 1. The second-order valence-electron chi connectivity index (χ2n) is 1.38. The Bertz CT molecular complexity index is 134. The van der Waals surface area contributed by atoms with Crippen LogP contribution in [-0.2, 0) is 19.2 Å². The Balaban J connectivity index is 3.52. The van der Waals surface area contributed by atoms with E-state index in [0.717, 1.165) is 7.11 Å². The van der Waals surface area contributed by atoms with Crippen LogP contribution in [0.2, 0.25) is 0 Å². The van der Waals surface area contributed by atoms with E-state index >= 15 is 0 Å². The van der Waals surface area contributed by atoms with Crippen LogP contribution in [0, 0.1) is 0 Å². The maximum atomic E-state index is 10.4. The van der Waals surface area contributed by atoms with Crippen molar-refractivity contribution in [2.75, 3.05) is 13.7 Å². The second-order valence-corrected chi connectivity index (χ2v) is 1.38. The Morgan fingerprint density at radius 3 is 2.40 bits per heavy atom. The van der Waals surface area contributed by atoms with Crippen LogP contribution in [-0.4, -0.2) is 25.6 Å². The van der Waals surface area contributed by atoms with Crippen LogP contribution in [0.15, 0.2) is 0 Å². The van der Waals surface area contributed by atoms with Gasteiger partial charge in [-0.2, -0.15) is 5.48 Å². The van der Waals surface area contributed by atoms with E-state index in [0.29, 0.717) is 6.54 Å². The molecule has 0 aliphatic heterocycles. The third-order valence-electron chi connectivity index (χ3n) is 0.661. The van der Waals surface area contributed by atoms with Crippen molar-refractivity contribution in [3.05, 3.63) is 0 Å². The molecule has 10 heavy (non-hydrogen) atoms. The number of hydrogen-bond acceptors (Lipinski definition) is 5. The fourth-order valence-electron chi connectivity index (χ4n) is 0.263. The van der Waals surface area contributed by atoms with Gasteiger partial charge in [-0.25, -0.2) is 9.59 Å². The van der Waals surface area contributed by atoms with Crippen molar-refractivity contribution in [1.82, 2.24) is 5.48 Å². The summed E-state index contributed by atoms with van der Waals surface area (Å²) < 4.78 is 4.06. The Kier molecular flexibility index (Phi) is 4.23. The lowest BCUT2D eigenvalue weighted by atomic mass is 10.7. The Hall–Kier alpha value is -1.10. The highest BCUT2D eigenvalue weighted by molar-refractivity contribution is 6.29. The molecular weight excluding hydrogens is 138 g/mol. The number of hydroxylamine groups is 1. The van der Waals surface area contributed by atoms with Crippen LogP contribution in [0.5, 0.6) is 0 Å². The molecule has 0 saturated carbocycles. The minimum Gasteiger partial charge on any atom is -0.461 e. The highest BCUT2D eigenvalue weighted by atomic mass is 16.7. The summed E-state index contributed by atoms with van der Waals surface area (Å²) >= 11 is 0. The van der Waals surface area contributed by atoms with Gasteiger partial charge >= 0.3 is 11.9 Å². The summed E-state index contributed by atoms with van der Waals surface area (Å²) in [5, 5.41) is 0. The fraction of sp³-hybridized carbons (Fsp3) is 0.600. The topological polar surface area (TPSA) is 64.6 Å². The molecule has 0 unspecified atom stereocenters. The normalized spacial score (nSPS) is 8.60. The summed E-state index contributed by atoms with van der Waals surface area (Å²) in [5.74, 6) is -2.05. The molecule has 0 atom stereocenters.